The van der Waals surface area contributed by atoms with E-state index in [9.17, 15) is 0 Å². The fourth-order valence-electron chi connectivity index (χ4n) is 1.02. The van der Waals surface area contributed by atoms with Gasteiger partial charge in [0.25, 0.3) is 0 Å². The van der Waals surface area contributed by atoms with Crippen LogP contribution in [0.5, 0.6) is 0 Å². The van der Waals surface area contributed by atoms with E-state index in [1.807, 2.05) is 0 Å². The Hall–Kier alpha value is -0.340. The molecular weight excluding hydrogens is 90.1 g/mol. The SMILES string of the molecule is C1=C[C@H]2C[C@@H]1NO2. The third-order valence-electron chi connectivity index (χ3n) is 1.42. The summed E-state index contributed by atoms with van der Waals surface area (Å²) in [5, 5.41) is 0. The summed E-state index contributed by atoms with van der Waals surface area (Å²) < 4.78 is 0. The van der Waals surface area contributed by atoms with Gasteiger partial charge in [0.05, 0.1) is 12.1 Å². The topological polar surface area (TPSA) is 21.3 Å². The molecule has 38 valence electrons. The van der Waals surface area contributed by atoms with Crippen LogP contribution in [0, 0.1) is 0 Å². The first-order chi connectivity index (χ1) is 3.45. The Balaban J connectivity index is 2.27. The van der Waals surface area contributed by atoms with Crippen LogP contribution in [0.3, 0.4) is 0 Å². The van der Waals surface area contributed by atoms with Crippen LogP contribution in [0.1, 0.15) is 6.42 Å². The highest BCUT2D eigenvalue weighted by molar-refractivity contribution is 5.09. The zero-order valence-electron chi connectivity index (χ0n) is 3.92. The molecule has 0 aromatic carbocycles. The van der Waals surface area contributed by atoms with Crippen LogP contribution in [-0.4, -0.2) is 12.1 Å². The standard InChI is InChI=1S/C5H7NO/c1-2-5-3-4(1)6-7-5/h1-2,4-6H,3H2/t4-,5+/m1/s1. The Bertz CT molecular complexity index is 98.6. The fraction of sp³-hybridized carbons (Fsp3) is 0.600. The molecule has 7 heavy (non-hydrogen) atoms. The molecule has 0 radical (unpaired) electrons. The van der Waals surface area contributed by atoms with Crippen LogP contribution in [0.25, 0.3) is 0 Å². The number of rotatable bonds is 0. The zero-order valence-corrected chi connectivity index (χ0v) is 3.92. The van der Waals surface area contributed by atoms with E-state index in [0.717, 1.165) is 6.42 Å². The highest BCUT2D eigenvalue weighted by Gasteiger charge is 2.26. The molecule has 2 bridgehead atoms. The van der Waals surface area contributed by atoms with Gasteiger partial charge in [0, 0.05) is 6.42 Å². The number of hydroxylamine groups is 1. The van der Waals surface area contributed by atoms with E-state index in [4.69, 9.17) is 4.84 Å². The molecule has 0 spiro atoms. The van der Waals surface area contributed by atoms with E-state index in [0.29, 0.717) is 12.1 Å². The van der Waals surface area contributed by atoms with E-state index in [2.05, 4.69) is 17.6 Å². The number of hydrogen-bond donors (Lipinski definition) is 1. The molecule has 0 saturated carbocycles. The van der Waals surface area contributed by atoms with E-state index in [-0.39, 0.29) is 0 Å². The monoisotopic (exact) mass is 97.1 g/mol. The summed E-state index contributed by atoms with van der Waals surface area (Å²) in [6, 6.07) is 0.519. The van der Waals surface area contributed by atoms with E-state index in [1.165, 1.54) is 0 Å². The van der Waals surface area contributed by atoms with Gasteiger partial charge in [-0.15, -0.1) is 0 Å². The van der Waals surface area contributed by atoms with E-state index < -0.39 is 0 Å². The molecule has 2 nitrogen and oxygen atoms in total. The van der Waals surface area contributed by atoms with Crippen LogP contribution < -0.4 is 5.48 Å². The summed E-state index contributed by atoms with van der Waals surface area (Å²) in [7, 11) is 0. The maximum absolute atomic E-state index is 5.02. The average Bonchev–Trinajstić information content (AvgIpc) is 2.22. The van der Waals surface area contributed by atoms with Crippen molar-refractivity contribution in [3.8, 4) is 0 Å². The van der Waals surface area contributed by atoms with Gasteiger partial charge < -0.3 is 0 Å². The molecule has 2 aliphatic rings. The van der Waals surface area contributed by atoms with Crippen molar-refractivity contribution < 1.29 is 4.84 Å². The van der Waals surface area contributed by atoms with Crippen molar-refractivity contribution >= 4 is 0 Å². The van der Waals surface area contributed by atoms with Crippen molar-refractivity contribution in [1.29, 1.82) is 0 Å². The second-order valence-electron chi connectivity index (χ2n) is 2.00. The molecule has 2 heteroatoms. The number of fused-ring (bicyclic) bond motifs is 2. The van der Waals surface area contributed by atoms with Crippen molar-refractivity contribution in [3.05, 3.63) is 12.2 Å². The summed E-state index contributed by atoms with van der Waals surface area (Å²) in [5.74, 6) is 0. The van der Waals surface area contributed by atoms with Gasteiger partial charge in [-0.3, -0.25) is 4.84 Å². The maximum Gasteiger partial charge on any atom is 0.0990 e. The van der Waals surface area contributed by atoms with Crippen LogP contribution >= 0.6 is 0 Å². The third kappa shape index (κ3) is 0.406. The minimum Gasteiger partial charge on any atom is -0.294 e. The lowest BCUT2D eigenvalue weighted by Gasteiger charge is -2.02. The van der Waals surface area contributed by atoms with Gasteiger partial charge in [-0.1, -0.05) is 12.2 Å². The minimum atomic E-state index is 0.380. The zero-order chi connectivity index (χ0) is 4.69. The minimum absolute atomic E-state index is 0.380. The van der Waals surface area contributed by atoms with Gasteiger partial charge >= 0.3 is 0 Å². The Morgan fingerprint density at radius 3 is 2.71 bits per heavy atom. The Labute approximate surface area is 42.1 Å². The van der Waals surface area contributed by atoms with Crippen molar-refractivity contribution in [1.82, 2.24) is 5.48 Å². The predicted molar refractivity (Wildman–Crippen MR) is 25.6 cm³/mol. The first kappa shape index (κ1) is 3.64. The Kier molecular flexibility index (Phi) is 0.562. The summed E-state index contributed by atoms with van der Waals surface area (Å²) in [6.07, 6.45) is 5.76. The quantitative estimate of drug-likeness (QED) is 0.436. The highest BCUT2D eigenvalue weighted by atomic mass is 16.7. The summed E-state index contributed by atoms with van der Waals surface area (Å²) >= 11 is 0. The highest BCUT2D eigenvalue weighted by Crippen LogP contribution is 2.19. The second-order valence-corrected chi connectivity index (χ2v) is 2.00. The van der Waals surface area contributed by atoms with Gasteiger partial charge in [-0.25, -0.2) is 0 Å². The van der Waals surface area contributed by atoms with Gasteiger partial charge in [-0.05, 0) is 0 Å². The van der Waals surface area contributed by atoms with Gasteiger partial charge in [0.2, 0.25) is 0 Å². The molecule has 0 amide bonds. The lowest BCUT2D eigenvalue weighted by Crippen LogP contribution is -2.19. The molecule has 0 aromatic rings. The molecule has 0 aromatic heterocycles. The molecule has 2 atom stereocenters. The number of nitrogens with one attached hydrogen (secondary N) is 1. The molecule has 1 N–H and O–H groups in total. The van der Waals surface area contributed by atoms with E-state index >= 15 is 0 Å². The van der Waals surface area contributed by atoms with E-state index in [1.54, 1.807) is 0 Å². The molecule has 2 rings (SSSR count). The predicted octanol–water partition coefficient (Wildman–Crippen LogP) is 0.218. The first-order valence-electron chi connectivity index (χ1n) is 2.54. The molecule has 0 unspecified atom stereocenters. The second kappa shape index (κ2) is 1.08. The molecule has 1 saturated heterocycles. The summed E-state index contributed by atoms with van der Waals surface area (Å²) in [4.78, 5) is 5.02. The van der Waals surface area contributed by atoms with Crippen LogP contribution in [0.15, 0.2) is 12.2 Å². The molecule has 1 heterocycles. The molecule has 1 aliphatic heterocycles. The normalized spacial score (nSPS) is 45.7. The van der Waals surface area contributed by atoms with Gasteiger partial charge in [0.1, 0.15) is 0 Å². The molecule has 1 fully saturated rings. The largest absolute Gasteiger partial charge is 0.294 e. The Morgan fingerprint density at radius 1 is 1.57 bits per heavy atom. The molecular formula is C5H7NO. The van der Waals surface area contributed by atoms with Gasteiger partial charge in [0.15, 0.2) is 0 Å². The summed E-state index contributed by atoms with van der Waals surface area (Å²) in [6.45, 7) is 0. The van der Waals surface area contributed by atoms with Crippen molar-refractivity contribution in [2.75, 3.05) is 0 Å². The van der Waals surface area contributed by atoms with Crippen LogP contribution in [-0.2, 0) is 4.84 Å². The Morgan fingerprint density at radius 2 is 2.57 bits per heavy atom. The van der Waals surface area contributed by atoms with Crippen LogP contribution in [0.4, 0.5) is 0 Å². The fourth-order valence-corrected chi connectivity index (χ4v) is 1.02. The third-order valence-corrected chi connectivity index (χ3v) is 1.42. The molecule has 1 aliphatic carbocycles. The maximum atomic E-state index is 5.02. The van der Waals surface area contributed by atoms with Crippen molar-refractivity contribution in [2.24, 2.45) is 0 Å². The lowest BCUT2D eigenvalue weighted by atomic mass is 10.3. The van der Waals surface area contributed by atoms with Gasteiger partial charge in [-0.2, -0.15) is 5.48 Å². The summed E-state index contributed by atoms with van der Waals surface area (Å²) in [5.41, 5.74) is 2.87. The van der Waals surface area contributed by atoms with Crippen molar-refractivity contribution in [2.45, 2.75) is 18.6 Å². The lowest BCUT2D eigenvalue weighted by molar-refractivity contribution is 0.0483. The number of hydrogen-bond acceptors (Lipinski definition) is 2. The first-order valence-corrected chi connectivity index (χ1v) is 2.54. The average molecular weight is 97.1 g/mol. The van der Waals surface area contributed by atoms with Crippen LogP contribution in [0.2, 0.25) is 0 Å². The van der Waals surface area contributed by atoms with Crippen molar-refractivity contribution in [3.63, 3.8) is 0 Å². The smallest absolute Gasteiger partial charge is 0.0990 e.